The van der Waals surface area contributed by atoms with Gasteiger partial charge < -0.3 is 19.8 Å². The molecule has 134 valence electrons. The Morgan fingerprint density at radius 3 is 2.92 bits per heavy atom. The largest absolute Gasteiger partial charge is 0.465 e. The molecule has 2 unspecified atom stereocenters. The molecular weight excluding hydrogens is 316 g/mol. The van der Waals surface area contributed by atoms with Crippen molar-refractivity contribution in [3.05, 3.63) is 59.0 Å². The molecule has 25 heavy (non-hydrogen) atoms. The average molecular weight is 342 g/mol. The molecule has 0 aliphatic carbocycles. The summed E-state index contributed by atoms with van der Waals surface area (Å²) in [6.07, 6.45) is 2.26. The second kappa shape index (κ2) is 8.32. The highest BCUT2D eigenvalue weighted by molar-refractivity contribution is 5.94. The third kappa shape index (κ3) is 4.94. The van der Waals surface area contributed by atoms with E-state index in [4.69, 9.17) is 9.15 Å². The van der Waals surface area contributed by atoms with Crippen molar-refractivity contribution in [1.82, 2.24) is 10.6 Å². The lowest BCUT2D eigenvalue weighted by atomic mass is 10.1. The number of rotatable bonds is 7. The number of amides is 1. The molecule has 2 atom stereocenters. The third-order valence-corrected chi connectivity index (χ3v) is 4.50. The Labute approximate surface area is 148 Å². The lowest BCUT2D eigenvalue weighted by Crippen LogP contribution is -2.31. The minimum Gasteiger partial charge on any atom is -0.465 e. The molecule has 1 amide bonds. The van der Waals surface area contributed by atoms with Gasteiger partial charge in [-0.25, -0.2) is 0 Å². The van der Waals surface area contributed by atoms with Crippen molar-refractivity contribution in [2.24, 2.45) is 0 Å². The van der Waals surface area contributed by atoms with Gasteiger partial charge in [0, 0.05) is 25.3 Å². The van der Waals surface area contributed by atoms with E-state index in [1.165, 1.54) is 0 Å². The van der Waals surface area contributed by atoms with E-state index in [0.717, 1.165) is 36.5 Å². The van der Waals surface area contributed by atoms with Crippen molar-refractivity contribution >= 4 is 5.91 Å². The summed E-state index contributed by atoms with van der Waals surface area (Å²) in [4.78, 5) is 12.3. The Morgan fingerprint density at radius 2 is 2.20 bits per heavy atom. The Balaban J connectivity index is 1.52. The highest BCUT2D eigenvalue weighted by Gasteiger charge is 2.17. The van der Waals surface area contributed by atoms with Gasteiger partial charge in [0.25, 0.3) is 5.91 Å². The molecule has 0 saturated carbocycles. The number of ether oxygens (including phenoxy) is 1. The molecule has 0 bridgehead atoms. The van der Waals surface area contributed by atoms with E-state index < -0.39 is 0 Å². The zero-order valence-electron chi connectivity index (χ0n) is 14.9. The Bertz CT molecular complexity index is 704. The van der Waals surface area contributed by atoms with Gasteiger partial charge in [0.05, 0.1) is 12.1 Å². The van der Waals surface area contributed by atoms with E-state index in [1.807, 2.05) is 43.3 Å². The molecule has 1 fully saturated rings. The van der Waals surface area contributed by atoms with Gasteiger partial charge in [-0.05, 0) is 56.5 Å². The predicted octanol–water partition coefficient (Wildman–Crippen LogP) is 3.35. The highest BCUT2D eigenvalue weighted by atomic mass is 16.5. The van der Waals surface area contributed by atoms with Crippen LogP contribution in [0.5, 0.6) is 0 Å². The molecule has 5 heteroatoms. The minimum atomic E-state index is -0.0490. The van der Waals surface area contributed by atoms with Crippen LogP contribution in [0.3, 0.4) is 0 Å². The predicted molar refractivity (Wildman–Crippen MR) is 96.4 cm³/mol. The summed E-state index contributed by atoms with van der Waals surface area (Å²) in [7, 11) is 0. The fraction of sp³-hybridized carbons (Fsp3) is 0.450. The standard InChI is InChI=1S/C20H26N2O3/c1-14-8-9-19(25-14)15(2)21-12-16-5-3-6-17(11-16)20(23)22-13-18-7-4-10-24-18/h3,5-6,8-9,11,15,18,21H,4,7,10,12-13H2,1-2H3,(H,22,23). The van der Waals surface area contributed by atoms with Gasteiger partial charge in [0.2, 0.25) is 0 Å². The summed E-state index contributed by atoms with van der Waals surface area (Å²) in [6.45, 7) is 6.06. The van der Waals surface area contributed by atoms with Gasteiger partial charge in [0.15, 0.2) is 0 Å². The minimum absolute atomic E-state index is 0.0490. The van der Waals surface area contributed by atoms with Crippen LogP contribution >= 0.6 is 0 Å². The molecule has 5 nitrogen and oxygen atoms in total. The zero-order valence-corrected chi connectivity index (χ0v) is 14.9. The lowest BCUT2D eigenvalue weighted by Gasteiger charge is -2.13. The van der Waals surface area contributed by atoms with E-state index in [1.54, 1.807) is 0 Å². The number of furan rings is 1. The summed E-state index contributed by atoms with van der Waals surface area (Å²) < 4.78 is 11.2. The fourth-order valence-corrected chi connectivity index (χ4v) is 2.99. The molecule has 3 rings (SSSR count). The van der Waals surface area contributed by atoms with Crippen molar-refractivity contribution < 1.29 is 13.9 Å². The number of hydrogen-bond acceptors (Lipinski definition) is 4. The molecule has 2 aromatic rings. The van der Waals surface area contributed by atoms with Crippen molar-refractivity contribution in [2.75, 3.05) is 13.2 Å². The molecule has 2 heterocycles. The van der Waals surface area contributed by atoms with E-state index >= 15 is 0 Å². The number of nitrogens with one attached hydrogen (secondary N) is 2. The van der Waals surface area contributed by atoms with Gasteiger partial charge in [-0.1, -0.05) is 12.1 Å². The Kier molecular flexibility index (Phi) is 5.89. The summed E-state index contributed by atoms with van der Waals surface area (Å²) in [5.41, 5.74) is 1.75. The van der Waals surface area contributed by atoms with Crippen LogP contribution in [0.4, 0.5) is 0 Å². The topological polar surface area (TPSA) is 63.5 Å². The molecular formula is C20H26N2O3. The number of benzene rings is 1. The molecule has 0 radical (unpaired) electrons. The second-order valence-corrected chi connectivity index (χ2v) is 6.60. The molecule has 1 aromatic carbocycles. The fourth-order valence-electron chi connectivity index (χ4n) is 2.99. The van der Waals surface area contributed by atoms with Crippen LogP contribution in [0.1, 0.15) is 53.2 Å². The maximum absolute atomic E-state index is 12.3. The quantitative estimate of drug-likeness (QED) is 0.810. The van der Waals surface area contributed by atoms with Crippen LogP contribution in [-0.4, -0.2) is 25.2 Å². The summed E-state index contributed by atoms with van der Waals surface area (Å²) in [5.74, 6) is 1.78. The first-order valence-corrected chi connectivity index (χ1v) is 8.90. The average Bonchev–Trinajstić information content (AvgIpc) is 3.29. The molecule has 1 aliphatic rings. The van der Waals surface area contributed by atoms with E-state index in [-0.39, 0.29) is 18.1 Å². The monoisotopic (exact) mass is 342 g/mol. The SMILES string of the molecule is Cc1ccc(C(C)NCc2cccc(C(=O)NCC3CCCO3)c2)o1. The van der Waals surface area contributed by atoms with E-state index in [0.29, 0.717) is 18.7 Å². The van der Waals surface area contributed by atoms with Crippen LogP contribution in [0.2, 0.25) is 0 Å². The van der Waals surface area contributed by atoms with Gasteiger partial charge >= 0.3 is 0 Å². The normalized spacial score (nSPS) is 18.2. The summed E-state index contributed by atoms with van der Waals surface area (Å²) in [6, 6.07) is 11.8. The van der Waals surface area contributed by atoms with E-state index in [9.17, 15) is 4.79 Å². The van der Waals surface area contributed by atoms with Crippen LogP contribution in [0, 0.1) is 6.92 Å². The van der Waals surface area contributed by atoms with Crippen LogP contribution < -0.4 is 10.6 Å². The number of carbonyl (C=O) groups excluding carboxylic acids is 1. The van der Waals surface area contributed by atoms with Crippen molar-refractivity contribution in [2.45, 2.75) is 45.4 Å². The molecule has 2 N–H and O–H groups in total. The Hall–Kier alpha value is -2.11. The first-order valence-electron chi connectivity index (χ1n) is 8.90. The number of aryl methyl sites for hydroxylation is 1. The van der Waals surface area contributed by atoms with Gasteiger partial charge in [-0.15, -0.1) is 0 Å². The van der Waals surface area contributed by atoms with Crippen LogP contribution in [0.25, 0.3) is 0 Å². The first-order chi connectivity index (χ1) is 12.1. The second-order valence-electron chi connectivity index (χ2n) is 6.60. The van der Waals surface area contributed by atoms with E-state index in [2.05, 4.69) is 17.6 Å². The third-order valence-electron chi connectivity index (χ3n) is 4.50. The molecule has 0 spiro atoms. The highest BCUT2D eigenvalue weighted by Crippen LogP contribution is 2.16. The van der Waals surface area contributed by atoms with Crippen molar-refractivity contribution in [1.29, 1.82) is 0 Å². The smallest absolute Gasteiger partial charge is 0.251 e. The first kappa shape index (κ1) is 17.7. The van der Waals surface area contributed by atoms with Gasteiger partial charge in [0.1, 0.15) is 11.5 Å². The lowest BCUT2D eigenvalue weighted by molar-refractivity contribution is 0.0857. The number of hydrogen-bond donors (Lipinski definition) is 2. The zero-order chi connectivity index (χ0) is 17.6. The summed E-state index contributed by atoms with van der Waals surface area (Å²) >= 11 is 0. The number of carbonyl (C=O) groups is 1. The van der Waals surface area contributed by atoms with Gasteiger partial charge in [-0.3, -0.25) is 4.79 Å². The Morgan fingerprint density at radius 1 is 1.32 bits per heavy atom. The summed E-state index contributed by atoms with van der Waals surface area (Å²) in [5, 5.41) is 6.39. The maximum atomic E-state index is 12.3. The maximum Gasteiger partial charge on any atom is 0.251 e. The molecule has 1 saturated heterocycles. The molecule has 1 aromatic heterocycles. The van der Waals surface area contributed by atoms with Crippen molar-refractivity contribution in [3.63, 3.8) is 0 Å². The van der Waals surface area contributed by atoms with Crippen LogP contribution in [0.15, 0.2) is 40.8 Å². The van der Waals surface area contributed by atoms with Crippen molar-refractivity contribution in [3.8, 4) is 0 Å². The molecule has 1 aliphatic heterocycles. The van der Waals surface area contributed by atoms with Crippen LogP contribution in [-0.2, 0) is 11.3 Å². The van der Waals surface area contributed by atoms with Gasteiger partial charge in [-0.2, -0.15) is 0 Å².